The summed E-state index contributed by atoms with van der Waals surface area (Å²) in [6.07, 6.45) is 20.6. The highest BCUT2D eigenvalue weighted by atomic mass is 16.5. The average Bonchev–Trinajstić information content (AvgIpc) is 1.46. The second-order valence-corrected chi connectivity index (χ2v) is 52.1. The number of carbonyl (C=O) groups is 3. The molecule has 13 fully saturated rings. The minimum absolute atomic E-state index is 0.0186. The van der Waals surface area contributed by atoms with Crippen LogP contribution in [0.2, 0.25) is 0 Å². The van der Waals surface area contributed by atoms with Crippen LogP contribution in [-0.4, -0.2) is 314 Å². The lowest BCUT2D eigenvalue weighted by Gasteiger charge is -2.65. The zero-order valence-corrected chi connectivity index (χ0v) is 85.0. The van der Waals surface area contributed by atoms with E-state index in [2.05, 4.69) is 128 Å². The number of likely N-dealkylation sites (tertiary alicyclic amines) is 6. The van der Waals surface area contributed by atoms with Crippen molar-refractivity contribution in [3.63, 3.8) is 0 Å². The van der Waals surface area contributed by atoms with Gasteiger partial charge >= 0.3 is 0 Å². The van der Waals surface area contributed by atoms with Gasteiger partial charge in [-0.3, -0.25) is 14.4 Å². The molecule has 10 N–H and O–H groups in total. The molecule has 6 aromatic carbocycles. The lowest BCUT2D eigenvalue weighted by Crippen LogP contribution is -2.80. The largest absolute Gasteiger partial charge is 0.508 e. The van der Waals surface area contributed by atoms with Crippen molar-refractivity contribution in [2.75, 3.05) is 123 Å². The molecule has 25 nitrogen and oxygen atoms in total. The number of Topliss-reactive ketones (excluding diaryl/α,β-unsaturated/α-hetero) is 3. The minimum atomic E-state index is -0.945. The summed E-state index contributed by atoms with van der Waals surface area (Å²) in [7, 11) is 24.9. The van der Waals surface area contributed by atoms with Gasteiger partial charge in [0.25, 0.3) is 0 Å². The number of phenols is 3. The van der Waals surface area contributed by atoms with Gasteiger partial charge in [-0.25, -0.2) is 0 Å². The van der Waals surface area contributed by atoms with Gasteiger partial charge in [-0.05, 0) is 151 Å². The first kappa shape index (κ1) is 93.0. The topological polar surface area (TPSA) is 309 Å². The van der Waals surface area contributed by atoms with Crippen LogP contribution in [0.1, 0.15) is 212 Å². The number of aliphatic hydroxyl groups excluding tert-OH is 3. The van der Waals surface area contributed by atoms with E-state index < -0.39 is 56.3 Å². The van der Waals surface area contributed by atoms with Gasteiger partial charge < -0.3 is 106 Å². The first-order valence-corrected chi connectivity index (χ1v) is 53.7. The highest BCUT2D eigenvalue weighted by molar-refractivity contribution is 5.92. The summed E-state index contributed by atoms with van der Waals surface area (Å²) in [4.78, 5) is 38.0. The van der Waals surface area contributed by atoms with Gasteiger partial charge in [0, 0.05) is 164 Å². The Kier molecular flexibility index (Phi) is 19.6. The molecule has 754 valence electrons. The monoisotopic (exact) mass is 1940 g/mol. The second kappa shape index (κ2) is 29.8. The molecule has 18 unspecified atom stereocenters. The van der Waals surface area contributed by atoms with Gasteiger partial charge in [0.2, 0.25) is 0 Å². The van der Waals surface area contributed by atoms with Crippen LogP contribution in [0.15, 0.2) is 109 Å². The zero-order chi connectivity index (χ0) is 99.2. The number of rotatable bonds is 5. The van der Waals surface area contributed by atoms with E-state index in [1.165, 1.54) is 77.7 Å². The average molecular weight is 1940 g/mol. The van der Waals surface area contributed by atoms with Crippen LogP contribution in [0, 0.1) is 17.8 Å². The van der Waals surface area contributed by atoms with E-state index in [4.69, 9.17) is 28.4 Å². The fraction of sp³-hybridized carbons (Fsp3) is 0.615. The zero-order valence-electron chi connectivity index (χ0n) is 85.0. The number of aromatic hydroxyl groups is 3. The lowest BCUT2D eigenvalue weighted by atomic mass is 9.48. The molecule has 7 saturated carbocycles. The van der Waals surface area contributed by atoms with Crippen LogP contribution in [-0.2, 0) is 105 Å². The van der Waals surface area contributed by atoms with Crippen molar-refractivity contribution in [1.29, 1.82) is 0 Å². The van der Waals surface area contributed by atoms with E-state index in [-0.39, 0.29) is 108 Å². The molecule has 25 heteroatoms. The fourth-order valence-electron chi connectivity index (χ4n) is 37.6. The van der Waals surface area contributed by atoms with Crippen LogP contribution >= 0.6 is 0 Å². The van der Waals surface area contributed by atoms with Crippen molar-refractivity contribution in [1.82, 2.24) is 0 Å². The number of ketones is 3. The molecule has 25 aliphatic rings. The summed E-state index contributed by atoms with van der Waals surface area (Å²) in [6.45, 7) is 20.3. The Labute approximate surface area is 833 Å². The van der Waals surface area contributed by atoms with Crippen molar-refractivity contribution in [2.45, 2.75) is 315 Å². The van der Waals surface area contributed by atoms with Gasteiger partial charge in [0.05, 0.1) is 188 Å². The van der Waals surface area contributed by atoms with Crippen molar-refractivity contribution in [3.8, 4) is 51.7 Å². The Morgan fingerprint density at radius 3 is 1.25 bits per heavy atom. The van der Waals surface area contributed by atoms with Crippen molar-refractivity contribution >= 4 is 17.3 Å². The molecule has 0 radical (unpaired) electrons. The number of benzene rings is 6. The van der Waals surface area contributed by atoms with Crippen LogP contribution in [0.3, 0.4) is 0 Å². The Morgan fingerprint density at radius 2 is 0.704 bits per heavy atom. The number of phenolic OH excluding ortho intramolecular Hbond substituents is 3. The summed E-state index contributed by atoms with van der Waals surface area (Å²) in [5, 5.41) is 108. The maximum atomic E-state index is 12.7. The summed E-state index contributed by atoms with van der Waals surface area (Å²) in [5.41, 5.74) is 14.7. The first-order chi connectivity index (χ1) is 67.3. The van der Waals surface area contributed by atoms with Crippen LogP contribution in [0.5, 0.6) is 51.7 Å². The Hall–Kier alpha value is -8.77. The summed E-state index contributed by atoms with van der Waals surface area (Å²) in [5.74, 6) is 7.57. The molecule has 0 amide bonds. The standard InChI is InChI=1S/C22H27NO3.C20H26NO2.C19H24NO4.C19H23NO3.C19H24NO3.C18H21NO4/c1-13-7-8-22(25)17-11-15-5-6-16(24)19-18(15)21(22,20(13)26-19)9-10-23(17,2)12-14-3-4-14;1-12-4-6-15-16-10-14-13(11-22)5-7-17-18(14)20(15,19(12)23-17)8-9-21(16,2)3;1-20(2)8-7-18-15-11-3-4-12(10-21)16(15)24-17(18)13(22)5-6-19(18,23)14(20)9-11;1-11-6-7-19(22)15-10-12-13(21)4-5-14-16(12)18(19,17(11)23-14)8-9-20(15,2)3;1-20(2)8-7-19-13-5-6-15(22)18(19)23-17-12(10-21)4-3-11(16(17)19)9-14(13)20;1-19(2)8-7-17-14-10-3-4-11(20)15(14)23-16(17)12(21)5-6-18(17,22)13(19)9-10/h5-6,14,17,20,25H,1,3-4,7-12H2,2H3;5,7,15-16,19,22H,1,4,6,8-11H2,2-3H3;3-4,14,17,21,23H,5-10H2,1-2H3;4-5,15,17,22H,1,6-10H2,2-3H3;3-4,13-14,18,21H,5-10H2,1-2H3;3-4,13,16,22H,5-9H2,1-2H3/q;2*+1;;+1;/p+3/t17?,20?,21-,22?,23+;15?,16?,19?,20-;14?,17?,18-,19?;15?,17?,18-,19?;13?,14?,18?,19-;13?,16?,17-,18?/m101011/s1. The maximum absolute atomic E-state index is 12.7. The predicted octanol–water partition coefficient (Wildman–Crippen LogP) is 10.2. The minimum Gasteiger partial charge on any atom is -0.508 e. The van der Waals surface area contributed by atoms with Gasteiger partial charge in [-0.1, -0.05) is 62.2 Å². The Bertz CT molecular complexity index is 6550. The summed E-state index contributed by atoms with van der Waals surface area (Å²) >= 11 is 0. The molecule has 13 aliphatic carbocycles. The van der Waals surface area contributed by atoms with E-state index in [1.54, 1.807) is 18.2 Å². The van der Waals surface area contributed by atoms with E-state index in [0.717, 1.165) is 240 Å². The normalized spacial score (nSPS) is 41.5. The number of nitrogens with zero attached hydrogens (tertiary/aromatic N) is 6. The molecule has 6 saturated heterocycles. The van der Waals surface area contributed by atoms with Crippen LogP contribution in [0.25, 0.3) is 0 Å². The van der Waals surface area contributed by atoms with Gasteiger partial charge in [0.1, 0.15) is 93.6 Å². The first-order valence-electron chi connectivity index (χ1n) is 53.7. The van der Waals surface area contributed by atoms with Gasteiger partial charge in [-0.15, -0.1) is 0 Å². The van der Waals surface area contributed by atoms with E-state index in [0.29, 0.717) is 91.9 Å². The third-order valence-corrected chi connectivity index (χ3v) is 44.7. The molecule has 142 heavy (non-hydrogen) atoms. The molecule has 12 bridgehead atoms. The SMILES string of the molecule is C=C1CCC2(O)C3Cc4c(O)ccc5c4[C@@]2(CC[N+]3(C)C)C1O5.C=C1CCC2(O)C3Cc4ccc(O)c5c4[C@]2(CC[N@@+]3(C)CC2CC2)C1O5.C=C1CCC2C3Cc4c(CO)ccc5c4[C@@]2(CC[N+]3(C)C)C1O5.C[N+]1(C)CC[C@@]23c4c5ccc(CO)c4OC2C(=O)CCC3(O)C1C5.C[N+]1(C)CC[C@@]23c4c5ccc(CO)c4OC2C(=O)CCC3C1C5.C[N+]1(C)CC[C@@]23c4c5ccc(O)c4OC2C(=O)CCC3(O)C1C5. The molecule has 12 heterocycles. The Morgan fingerprint density at radius 1 is 0.324 bits per heavy atom. The van der Waals surface area contributed by atoms with Crippen molar-refractivity contribution < 1.29 is 121 Å². The number of carbonyl (C=O) groups excluding carboxylic acids is 3. The summed E-state index contributed by atoms with van der Waals surface area (Å²) in [6, 6.07) is 25.0. The van der Waals surface area contributed by atoms with Crippen molar-refractivity contribution in [2.24, 2.45) is 17.8 Å². The number of quaternary nitrogens is 6. The molecule has 25 atom stereocenters. The van der Waals surface area contributed by atoms with E-state index in [9.17, 15) is 65.4 Å². The highest BCUT2D eigenvalue weighted by Gasteiger charge is 2.82. The maximum Gasteiger partial charge on any atom is 0.174 e. The van der Waals surface area contributed by atoms with Gasteiger partial charge in [-0.2, -0.15) is 0 Å². The number of likely N-dealkylation sites (N-methyl/N-ethyl adjacent to an activating group) is 6. The van der Waals surface area contributed by atoms with E-state index in [1.807, 2.05) is 24.3 Å². The molecule has 6 aromatic rings. The number of hydrogen-bond acceptors (Lipinski definition) is 19. The van der Waals surface area contributed by atoms with Crippen LogP contribution in [0.4, 0.5) is 0 Å². The predicted molar refractivity (Wildman–Crippen MR) is 529 cm³/mol. The molecule has 31 rings (SSSR count). The molecular formula is C117H148N6O19+6. The molecule has 12 aliphatic heterocycles. The van der Waals surface area contributed by atoms with E-state index >= 15 is 0 Å². The number of aliphatic hydroxyl groups is 7. The highest BCUT2D eigenvalue weighted by Crippen LogP contribution is 2.74. The van der Waals surface area contributed by atoms with Gasteiger partial charge in [0.15, 0.2) is 58.7 Å². The molecular weight excluding hydrogens is 1790 g/mol. The number of hydrogen-bond donors (Lipinski definition) is 10. The molecule has 0 aromatic heterocycles. The van der Waals surface area contributed by atoms with Crippen molar-refractivity contribution in [3.05, 3.63) is 193 Å². The lowest BCUT2D eigenvalue weighted by molar-refractivity contribution is -0.950. The van der Waals surface area contributed by atoms with Crippen LogP contribution < -0.4 is 28.4 Å². The number of piperidine rings is 6. The quantitative estimate of drug-likeness (QED) is 0.0567. The molecule has 6 spiro atoms. The Balaban J connectivity index is 0.0000000873. The second-order valence-electron chi connectivity index (χ2n) is 52.1. The number of ether oxygens (including phenoxy) is 6. The summed E-state index contributed by atoms with van der Waals surface area (Å²) < 4.78 is 43.0. The smallest absolute Gasteiger partial charge is 0.174 e. The third kappa shape index (κ3) is 11.3. The fourth-order valence-corrected chi connectivity index (χ4v) is 37.6. The third-order valence-electron chi connectivity index (χ3n) is 44.7.